The SMILES string of the molecule is CCCOCC(C)(N)c1noc(CCC(C)OC)n1. The molecule has 0 saturated heterocycles. The fourth-order valence-electron chi connectivity index (χ4n) is 1.53. The second-order valence-corrected chi connectivity index (χ2v) is 5.07. The molecule has 0 amide bonds. The van der Waals surface area contributed by atoms with Gasteiger partial charge in [0.25, 0.3) is 0 Å². The first-order chi connectivity index (χ1) is 8.99. The van der Waals surface area contributed by atoms with Gasteiger partial charge in [0.1, 0.15) is 5.54 Å². The molecule has 6 nitrogen and oxygen atoms in total. The number of ether oxygens (including phenoxy) is 2. The summed E-state index contributed by atoms with van der Waals surface area (Å²) in [5, 5.41) is 3.94. The van der Waals surface area contributed by atoms with Gasteiger partial charge in [-0.3, -0.25) is 0 Å². The zero-order chi connectivity index (χ0) is 14.3. The summed E-state index contributed by atoms with van der Waals surface area (Å²) in [7, 11) is 1.69. The molecule has 110 valence electrons. The molecule has 2 N–H and O–H groups in total. The van der Waals surface area contributed by atoms with Crippen LogP contribution in [0.3, 0.4) is 0 Å². The third kappa shape index (κ3) is 5.26. The van der Waals surface area contributed by atoms with E-state index in [-0.39, 0.29) is 6.10 Å². The van der Waals surface area contributed by atoms with Crippen molar-refractivity contribution >= 4 is 0 Å². The van der Waals surface area contributed by atoms with E-state index in [2.05, 4.69) is 17.1 Å². The van der Waals surface area contributed by atoms with Crippen LogP contribution in [0.1, 0.15) is 45.3 Å². The van der Waals surface area contributed by atoms with E-state index in [1.165, 1.54) is 0 Å². The van der Waals surface area contributed by atoms with E-state index in [9.17, 15) is 0 Å². The summed E-state index contributed by atoms with van der Waals surface area (Å²) >= 11 is 0. The molecule has 19 heavy (non-hydrogen) atoms. The molecule has 1 aromatic rings. The molecule has 0 aliphatic carbocycles. The number of nitrogens with two attached hydrogens (primary N) is 1. The lowest BCUT2D eigenvalue weighted by molar-refractivity contribution is 0.0867. The standard InChI is InChI=1S/C13H25N3O3/c1-5-8-18-9-13(3,14)12-15-11(19-16-12)7-6-10(2)17-4/h10H,5-9,14H2,1-4H3. The van der Waals surface area contributed by atoms with Gasteiger partial charge >= 0.3 is 0 Å². The Hall–Kier alpha value is -0.980. The van der Waals surface area contributed by atoms with Gasteiger partial charge < -0.3 is 19.7 Å². The lowest BCUT2D eigenvalue weighted by Crippen LogP contribution is -2.39. The minimum Gasteiger partial charge on any atom is -0.382 e. The summed E-state index contributed by atoms with van der Waals surface area (Å²) in [5.41, 5.74) is 5.42. The zero-order valence-corrected chi connectivity index (χ0v) is 12.3. The van der Waals surface area contributed by atoms with Crippen LogP contribution in [0.15, 0.2) is 4.52 Å². The van der Waals surface area contributed by atoms with E-state index < -0.39 is 5.54 Å². The van der Waals surface area contributed by atoms with Gasteiger partial charge in [0.15, 0.2) is 5.82 Å². The first kappa shape index (κ1) is 16.1. The largest absolute Gasteiger partial charge is 0.382 e. The Labute approximate surface area is 114 Å². The van der Waals surface area contributed by atoms with E-state index in [4.69, 9.17) is 19.7 Å². The highest BCUT2D eigenvalue weighted by molar-refractivity contribution is 5.01. The van der Waals surface area contributed by atoms with Crippen molar-refractivity contribution in [2.24, 2.45) is 5.73 Å². The van der Waals surface area contributed by atoms with Crippen molar-refractivity contribution in [3.63, 3.8) is 0 Å². The Morgan fingerprint density at radius 1 is 1.47 bits per heavy atom. The van der Waals surface area contributed by atoms with Crippen LogP contribution in [0.25, 0.3) is 0 Å². The second-order valence-electron chi connectivity index (χ2n) is 5.07. The molecule has 0 fully saturated rings. The fraction of sp³-hybridized carbons (Fsp3) is 0.846. The highest BCUT2D eigenvalue weighted by Crippen LogP contribution is 2.16. The lowest BCUT2D eigenvalue weighted by Gasteiger charge is -2.19. The Kier molecular flexibility index (Phi) is 6.41. The third-order valence-corrected chi connectivity index (χ3v) is 2.90. The third-order valence-electron chi connectivity index (χ3n) is 2.90. The number of rotatable bonds is 9. The summed E-state index contributed by atoms with van der Waals surface area (Å²) in [6, 6.07) is 0. The maximum atomic E-state index is 6.14. The highest BCUT2D eigenvalue weighted by Gasteiger charge is 2.27. The smallest absolute Gasteiger partial charge is 0.226 e. The van der Waals surface area contributed by atoms with E-state index >= 15 is 0 Å². The topological polar surface area (TPSA) is 83.4 Å². The summed E-state index contributed by atoms with van der Waals surface area (Å²) in [4.78, 5) is 4.33. The van der Waals surface area contributed by atoms with Gasteiger partial charge in [0, 0.05) is 20.1 Å². The first-order valence-corrected chi connectivity index (χ1v) is 6.72. The molecule has 0 aliphatic heterocycles. The van der Waals surface area contributed by atoms with E-state index in [0.717, 1.165) is 12.8 Å². The molecule has 0 aliphatic rings. The Bertz CT molecular complexity index is 366. The highest BCUT2D eigenvalue weighted by atomic mass is 16.5. The number of methoxy groups -OCH3 is 1. The van der Waals surface area contributed by atoms with E-state index in [0.29, 0.717) is 31.3 Å². The van der Waals surface area contributed by atoms with E-state index in [1.54, 1.807) is 7.11 Å². The molecule has 2 unspecified atom stereocenters. The quantitative estimate of drug-likeness (QED) is 0.687. The Morgan fingerprint density at radius 3 is 2.84 bits per heavy atom. The molecule has 6 heteroatoms. The van der Waals surface area contributed by atoms with Gasteiger partial charge in [-0.1, -0.05) is 12.1 Å². The van der Waals surface area contributed by atoms with Crippen molar-refractivity contribution < 1.29 is 14.0 Å². The zero-order valence-electron chi connectivity index (χ0n) is 12.3. The van der Waals surface area contributed by atoms with Gasteiger partial charge in [-0.15, -0.1) is 0 Å². The maximum absolute atomic E-state index is 6.14. The van der Waals surface area contributed by atoms with Crippen molar-refractivity contribution in [1.82, 2.24) is 10.1 Å². The van der Waals surface area contributed by atoms with Crippen LogP contribution >= 0.6 is 0 Å². The molecule has 0 spiro atoms. The van der Waals surface area contributed by atoms with Crippen LogP contribution in [0.2, 0.25) is 0 Å². The predicted molar refractivity (Wildman–Crippen MR) is 71.7 cm³/mol. The summed E-state index contributed by atoms with van der Waals surface area (Å²) in [6.45, 7) is 6.96. The first-order valence-electron chi connectivity index (χ1n) is 6.72. The molecule has 0 aromatic carbocycles. The van der Waals surface area contributed by atoms with Crippen molar-refractivity contribution in [2.45, 2.75) is 51.7 Å². The molecule has 0 saturated carbocycles. The van der Waals surface area contributed by atoms with Gasteiger partial charge in [-0.2, -0.15) is 4.98 Å². The number of hydrogen-bond donors (Lipinski definition) is 1. The summed E-state index contributed by atoms with van der Waals surface area (Å²) < 4.78 is 15.8. The normalized spacial score (nSPS) is 16.3. The van der Waals surface area contributed by atoms with Gasteiger partial charge in [0.05, 0.1) is 12.7 Å². The van der Waals surface area contributed by atoms with Crippen molar-refractivity contribution in [2.75, 3.05) is 20.3 Å². The molecule has 1 aromatic heterocycles. The van der Waals surface area contributed by atoms with Crippen LogP contribution in [0, 0.1) is 0 Å². The molecule has 1 rings (SSSR count). The number of aryl methyl sites for hydroxylation is 1. The molecular weight excluding hydrogens is 246 g/mol. The van der Waals surface area contributed by atoms with Crippen LogP contribution < -0.4 is 5.73 Å². The molecular formula is C13H25N3O3. The molecule has 1 heterocycles. The van der Waals surface area contributed by atoms with Crippen LogP contribution in [-0.2, 0) is 21.4 Å². The van der Waals surface area contributed by atoms with Crippen LogP contribution in [0.4, 0.5) is 0 Å². The van der Waals surface area contributed by atoms with Crippen LogP contribution in [-0.4, -0.2) is 36.6 Å². The fourth-order valence-corrected chi connectivity index (χ4v) is 1.53. The molecule has 2 atom stereocenters. The minimum atomic E-state index is -0.718. The summed E-state index contributed by atoms with van der Waals surface area (Å²) in [6.07, 6.45) is 2.66. The molecule has 0 radical (unpaired) electrons. The van der Waals surface area contributed by atoms with Crippen molar-refractivity contribution in [3.8, 4) is 0 Å². The number of nitrogens with zero attached hydrogens (tertiary/aromatic N) is 2. The predicted octanol–water partition coefficient (Wildman–Crippen LogP) is 1.64. The van der Waals surface area contributed by atoms with Crippen molar-refractivity contribution in [1.29, 1.82) is 0 Å². The van der Waals surface area contributed by atoms with Gasteiger partial charge in [0.2, 0.25) is 5.89 Å². The Balaban J connectivity index is 2.52. The van der Waals surface area contributed by atoms with Crippen molar-refractivity contribution in [3.05, 3.63) is 11.7 Å². The average molecular weight is 271 g/mol. The van der Waals surface area contributed by atoms with Gasteiger partial charge in [-0.25, -0.2) is 0 Å². The molecule has 0 bridgehead atoms. The van der Waals surface area contributed by atoms with Gasteiger partial charge in [-0.05, 0) is 26.7 Å². The number of hydrogen-bond acceptors (Lipinski definition) is 6. The maximum Gasteiger partial charge on any atom is 0.226 e. The van der Waals surface area contributed by atoms with E-state index in [1.807, 2.05) is 13.8 Å². The number of aromatic nitrogens is 2. The lowest BCUT2D eigenvalue weighted by atomic mass is 10.1. The monoisotopic (exact) mass is 271 g/mol. The minimum absolute atomic E-state index is 0.174. The Morgan fingerprint density at radius 2 is 2.21 bits per heavy atom. The average Bonchev–Trinajstić information content (AvgIpc) is 2.85. The van der Waals surface area contributed by atoms with Crippen LogP contribution in [0.5, 0.6) is 0 Å². The summed E-state index contributed by atoms with van der Waals surface area (Å²) in [5.74, 6) is 1.08. The second kappa shape index (κ2) is 7.57.